The predicted molar refractivity (Wildman–Crippen MR) is 69.2 cm³/mol. The van der Waals surface area contributed by atoms with E-state index in [0.717, 1.165) is 31.4 Å². The Labute approximate surface area is 102 Å². The Balaban J connectivity index is 2.39. The first kappa shape index (κ1) is 13.6. The molecule has 94 valence electrons. The third-order valence-corrected chi connectivity index (χ3v) is 2.76. The minimum Gasteiger partial charge on any atom is -0.314 e. The molecule has 1 rings (SSSR count). The van der Waals surface area contributed by atoms with Gasteiger partial charge in [-0.05, 0) is 38.3 Å². The molecule has 1 aromatic carbocycles. The van der Waals surface area contributed by atoms with E-state index in [1.807, 2.05) is 12.1 Å². The highest BCUT2D eigenvalue weighted by Crippen LogP contribution is 2.13. The highest BCUT2D eigenvalue weighted by Gasteiger charge is 2.05. The van der Waals surface area contributed by atoms with Crippen LogP contribution in [0.15, 0.2) is 24.3 Å². The number of nitro groups is 1. The second-order valence-corrected chi connectivity index (χ2v) is 4.32. The van der Waals surface area contributed by atoms with E-state index in [9.17, 15) is 10.1 Å². The SMILES string of the molecule is CCCNC(C)CCc1ccc([N+](=O)[O-])cc1. The quantitative estimate of drug-likeness (QED) is 0.585. The lowest BCUT2D eigenvalue weighted by Gasteiger charge is -2.12. The molecule has 0 aliphatic rings. The van der Waals surface area contributed by atoms with E-state index >= 15 is 0 Å². The summed E-state index contributed by atoms with van der Waals surface area (Å²) in [7, 11) is 0. The first-order valence-corrected chi connectivity index (χ1v) is 6.10. The maximum atomic E-state index is 10.5. The van der Waals surface area contributed by atoms with E-state index in [4.69, 9.17) is 0 Å². The first-order chi connectivity index (χ1) is 8.13. The van der Waals surface area contributed by atoms with Crippen molar-refractivity contribution in [2.24, 2.45) is 0 Å². The summed E-state index contributed by atoms with van der Waals surface area (Å²) in [6.07, 6.45) is 3.15. The molecule has 0 saturated carbocycles. The minimum atomic E-state index is -0.366. The Morgan fingerprint density at radius 2 is 2.00 bits per heavy atom. The molecule has 4 heteroatoms. The topological polar surface area (TPSA) is 55.2 Å². The van der Waals surface area contributed by atoms with E-state index in [2.05, 4.69) is 19.2 Å². The van der Waals surface area contributed by atoms with Crippen LogP contribution in [0.4, 0.5) is 5.69 Å². The summed E-state index contributed by atoms with van der Waals surface area (Å²) in [5, 5.41) is 13.9. The molecule has 0 fully saturated rings. The molecule has 0 amide bonds. The van der Waals surface area contributed by atoms with E-state index in [1.165, 1.54) is 0 Å². The molecule has 4 nitrogen and oxygen atoms in total. The molecule has 0 aromatic heterocycles. The number of nitrogens with one attached hydrogen (secondary N) is 1. The van der Waals surface area contributed by atoms with E-state index in [-0.39, 0.29) is 10.6 Å². The zero-order chi connectivity index (χ0) is 12.7. The van der Waals surface area contributed by atoms with Crippen molar-refractivity contribution in [3.63, 3.8) is 0 Å². The standard InChI is InChI=1S/C13H20N2O2/c1-3-10-14-11(2)4-5-12-6-8-13(9-7-12)15(16)17/h6-9,11,14H,3-5,10H2,1-2H3. The lowest BCUT2D eigenvalue weighted by Crippen LogP contribution is -2.27. The summed E-state index contributed by atoms with van der Waals surface area (Å²) >= 11 is 0. The van der Waals surface area contributed by atoms with Gasteiger partial charge in [0.2, 0.25) is 0 Å². The van der Waals surface area contributed by atoms with Crippen LogP contribution >= 0.6 is 0 Å². The molecule has 17 heavy (non-hydrogen) atoms. The van der Waals surface area contributed by atoms with Gasteiger partial charge in [0.25, 0.3) is 5.69 Å². The van der Waals surface area contributed by atoms with Crippen LogP contribution in [-0.4, -0.2) is 17.5 Å². The third kappa shape index (κ3) is 4.95. The van der Waals surface area contributed by atoms with Crippen molar-refractivity contribution in [3.05, 3.63) is 39.9 Å². The van der Waals surface area contributed by atoms with Gasteiger partial charge in [0.05, 0.1) is 4.92 Å². The fraction of sp³-hybridized carbons (Fsp3) is 0.538. The van der Waals surface area contributed by atoms with Crippen LogP contribution in [0, 0.1) is 10.1 Å². The highest BCUT2D eigenvalue weighted by molar-refractivity contribution is 5.32. The van der Waals surface area contributed by atoms with Gasteiger partial charge in [0.15, 0.2) is 0 Å². The molecule has 1 aromatic rings. The molecular weight excluding hydrogens is 216 g/mol. The number of non-ortho nitro benzene ring substituents is 1. The Morgan fingerprint density at radius 3 is 2.53 bits per heavy atom. The second kappa shape index (κ2) is 7.01. The van der Waals surface area contributed by atoms with Gasteiger partial charge in [-0.1, -0.05) is 19.1 Å². The van der Waals surface area contributed by atoms with Crippen molar-refractivity contribution in [2.45, 2.75) is 39.2 Å². The molecule has 0 spiro atoms. The lowest BCUT2D eigenvalue weighted by molar-refractivity contribution is -0.384. The summed E-state index contributed by atoms with van der Waals surface area (Å²) in [5.74, 6) is 0. The van der Waals surface area contributed by atoms with Crippen LogP contribution in [0.1, 0.15) is 32.3 Å². The summed E-state index contributed by atoms with van der Waals surface area (Å²) in [6, 6.07) is 7.30. The largest absolute Gasteiger partial charge is 0.314 e. The summed E-state index contributed by atoms with van der Waals surface area (Å²) in [5.41, 5.74) is 1.31. The normalized spacial score (nSPS) is 12.4. The van der Waals surface area contributed by atoms with E-state index in [0.29, 0.717) is 6.04 Å². The first-order valence-electron chi connectivity index (χ1n) is 6.10. The molecular formula is C13H20N2O2. The van der Waals surface area contributed by atoms with Crippen molar-refractivity contribution in [1.82, 2.24) is 5.32 Å². The maximum Gasteiger partial charge on any atom is 0.269 e. The molecule has 0 heterocycles. The van der Waals surface area contributed by atoms with Gasteiger partial charge in [0, 0.05) is 18.2 Å². The molecule has 0 radical (unpaired) electrons. The van der Waals surface area contributed by atoms with Crippen molar-refractivity contribution in [2.75, 3.05) is 6.54 Å². The fourth-order valence-corrected chi connectivity index (χ4v) is 1.66. The van der Waals surface area contributed by atoms with Crippen molar-refractivity contribution < 1.29 is 4.92 Å². The van der Waals surface area contributed by atoms with Gasteiger partial charge in [-0.3, -0.25) is 10.1 Å². The summed E-state index contributed by atoms with van der Waals surface area (Å²) in [6.45, 7) is 5.36. The average Bonchev–Trinajstić information content (AvgIpc) is 2.34. The number of aryl methyl sites for hydroxylation is 1. The van der Waals surface area contributed by atoms with E-state index < -0.39 is 0 Å². The van der Waals surface area contributed by atoms with Gasteiger partial charge in [0.1, 0.15) is 0 Å². The Hall–Kier alpha value is -1.42. The number of hydrogen-bond donors (Lipinski definition) is 1. The van der Waals surface area contributed by atoms with Crippen molar-refractivity contribution in [3.8, 4) is 0 Å². The predicted octanol–water partition coefficient (Wildman–Crippen LogP) is 2.92. The minimum absolute atomic E-state index is 0.158. The molecule has 0 bridgehead atoms. The molecule has 0 aliphatic heterocycles. The summed E-state index contributed by atoms with van der Waals surface area (Å²) < 4.78 is 0. The second-order valence-electron chi connectivity index (χ2n) is 4.32. The van der Waals surface area contributed by atoms with Crippen molar-refractivity contribution >= 4 is 5.69 Å². The maximum absolute atomic E-state index is 10.5. The molecule has 0 saturated heterocycles. The number of rotatable bonds is 7. The lowest BCUT2D eigenvalue weighted by atomic mass is 10.1. The van der Waals surface area contributed by atoms with Gasteiger partial charge in [-0.15, -0.1) is 0 Å². The smallest absolute Gasteiger partial charge is 0.269 e. The fourth-order valence-electron chi connectivity index (χ4n) is 1.66. The molecule has 0 aliphatic carbocycles. The van der Waals surface area contributed by atoms with E-state index in [1.54, 1.807) is 12.1 Å². The van der Waals surface area contributed by atoms with Crippen molar-refractivity contribution in [1.29, 1.82) is 0 Å². The van der Waals surface area contributed by atoms with Crippen LogP contribution < -0.4 is 5.32 Å². The monoisotopic (exact) mass is 236 g/mol. The van der Waals surface area contributed by atoms with Gasteiger partial charge in [-0.2, -0.15) is 0 Å². The Kier molecular flexibility index (Phi) is 5.63. The van der Waals surface area contributed by atoms with Gasteiger partial charge in [-0.25, -0.2) is 0 Å². The van der Waals surface area contributed by atoms with Crippen LogP contribution in [0.3, 0.4) is 0 Å². The number of benzene rings is 1. The highest BCUT2D eigenvalue weighted by atomic mass is 16.6. The number of hydrogen-bond acceptors (Lipinski definition) is 3. The average molecular weight is 236 g/mol. The number of nitro benzene ring substituents is 1. The zero-order valence-electron chi connectivity index (χ0n) is 10.5. The van der Waals surface area contributed by atoms with Crippen LogP contribution in [0.2, 0.25) is 0 Å². The molecule has 1 atom stereocenters. The summed E-state index contributed by atoms with van der Waals surface area (Å²) in [4.78, 5) is 10.1. The zero-order valence-corrected chi connectivity index (χ0v) is 10.5. The van der Waals surface area contributed by atoms with Gasteiger partial charge < -0.3 is 5.32 Å². The van der Waals surface area contributed by atoms with Crippen LogP contribution in [0.5, 0.6) is 0 Å². The molecule has 1 unspecified atom stereocenters. The Bertz CT molecular complexity index is 349. The molecule has 1 N–H and O–H groups in total. The third-order valence-electron chi connectivity index (χ3n) is 2.76. The Morgan fingerprint density at radius 1 is 1.35 bits per heavy atom. The van der Waals surface area contributed by atoms with Crippen LogP contribution in [-0.2, 0) is 6.42 Å². The number of nitrogens with zero attached hydrogens (tertiary/aromatic N) is 1. The van der Waals surface area contributed by atoms with Crippen LogP contribution in [0.25, 0.3) is 0 Å². The van der Waals surface area contributed by atoms with Gasteiger partial charge >= 0.3 is 0 Å².